The van der Waals surface area contributed by atoms with E-state index in [0.717, 1.165) is 54.0 Å². The summed E-state index contributed by atoms with van der Waals surface area (Å²) >= 11 is 12.6. The van der Waals surface area contributed by atoms with Crippen LogP contribution in [-0.4, -0.2) is 25.2 Å². The normalized spacial score (nSPS) is 13.7. The fourth-order valence-electron chi connectivity index (χ4n) is 2.49. The van der Waals surface area contributed by atoms with Crippen LogP contribution in [0, 0.1) is 11.6 Å². The second-order valence-corrected chi connectivity index (χ2v) is 8.62. The van der Waals surface area contributed by atoms with Crippen molar-refractivity contribution in [3.8, 4) is 0 Å². The van der Waals surface area contributed by atoms with E-state index in [1.165, 1.54) is 24.3 Å². The summed E-state index contributed by atoms with van der Waals surface area (Å²) < 4.78 is 57.7. The molecular weight excluding hydrogens is 632 g/mol. The Bertz CT molecular complexity index is 853. The van der Waals surface area contributed by atoms with Crippen molar-refractivity contribution in [2.75, 3.05) is 13.1 Å². The molecule has 0 atom stereocenters. The number of carbonyl (C=O) groups excluding carboxylic acids is 1. The van der Waals surface area contributed by atoms with Gasteiger partial charge in [-0.05, 0) is 49.5 Å². The number of carboxylic acids is 1. The van der Waals surface area contributed by atoms with Crippen molar-refractivity contribution in [1.29, 1.82) is 0 Å². The Labute approximate surface area is 213 Å². The number of nitrogens with one attached hydrogen (secondary N) is 1. The third-order valence-corrected chi connectivity index (χ3v) is 6.43. The molecule has 1 heterocycles. The molecule has 2 aromatic rings. The van der Waals surface area contributed by atoms with Gasteiger partial charge in [0.25, 0.3) is 0 Å². The molecule has 1 aliphatic rings. The molecule has 3 rings (SSSR count). The number of alkyl halides is 3. The van der Waals surface area contributed by atoms with Crippen molar-refractivity contribution in [2.24, 2.45) is 0 Å². The number of halogens is 8. The van der Waals surface area contributed by atoms with Crippen molar-refractivity contribution in [3.63, 3.8) is 0 Å². The topological polar surface area (TPSA) is 52.2 Å². The molecule has 167 valence electrons. The van der Waals surface area contributed by atoms with Gasteiger partial charge in [0.2, 0.25) is 0 Å². The first-order chi connectivity index (χ1) is 13.9. The number of hydrogen-bond donors (Lipinski definition) is 1. The Morgan fingerprint density at radius 1 is 1.00 bits per heavy atom. The van der Waals surface area contributed by atoms with E-state index >= 15 is 0 Å². The van der Waals surface area contributed by atoms with E-state index in [0.29, 0.717) is 16.0 Å². The van der Waals surface area contributed by atoms with Crippen molar-refractivity contribution < 1.29 is 74.1 Å². The summed E-state index contributed by atoms with van der Waals surface area (Å²) in [4.78, 5) is 8.78. The molecular formula is C19H16Cl2F5INO2Zn. The molecule has 1 fully saturated rings. The zero-order chi connectivity index (χ0) is 22.9. The van der Waals surface area contributed by atoms with E-state index in [9.17, 15) is 22.0 Å². The van der Waals surface area contributed by atoms with E-state index in [-0.39, 0.29) is 35.6 Å². The minimum atomic E-state index is -5.19. The van der Waals surface area contributed by atoms with Crippen LogP contribution in [0.25, 0.3) is 0 Å². The summed E-state index contributed by atoms with van der Waals surface area (Å²) in [6, 6.07) is 9.17. The molecule has 0 aliphatic carbocycles. The molecule has 0 bridgehead atoms. The maximum absolute atomic E-state index is 12.8. The van der Waals surface area contributed by atoms with Gasteiger partial charge in [0.15, 0.2) is 0 Å². The van der Waals surface area contributed by atoms with Crippen LogP contribution in [-0.2, 0) is 23.1 Å². The smallest absolute Gasteiger partial charge is 0.430 e. The molecule has 31 heavy (non-hydrogen) atoms. The van der Waals surface area contributed by atoms with Gasteiger partial charge in [0.05, 0.1) is 0 Å². The number of hydrogen-bond acceptors (Lipinski definition) is 3. The molecule has 0 spiro atoms. The summed E-state index contributed by atoms with van der Waals surface area (Å²) in [5.41, 5.74) is 1.09. The minimum absolute atomic E-state index is 0. The molecule has 1 N–H and O–H groups in total. The SMILES string of the molecule is Fc1cc[c]([Zn+2])c(Cl)c1.Fc1ccc(C2CCNCC2)c(Cl)c1.O=C([O-])C(F)(F)F.[I-]. The van der Waals surface area contributed by atoms with Crippen LogP contribution in [0.5, 0.6) is 0 Å². The molecule has 2 aromatic carbocycles. The fourth-order valence-corrected chi connectivity index (χ4v) is 3.44. The van der Waals surface area contributed by atoms with Gasteiger partial charge >= 0.3 is 73.7 Å². The molecule has 1 saturated heterocycles. The van der Waals surface area contributed by atoms with Gasteiger partial charge in [-0.1, -0.05) is 17.7 Å². The van der Waals surface area contributed by atoms with E-state index < -0.39 is 12.1 Å². The van der Waals surface area contributed by atoms with Crippen molar-refractivity contribution in [1.82, 2.24) is 5.32 Å². The molecule has 12 heteroatoms. The number of carboxylic acid groups (broad SMARTS) is 1. The maximum Gasteiger partial charge on any atom is 0.430 e. The molecule has 0 saturated carbocycles. The number of rotatable bonds is 1. The van der Waals surface area contributed by atoms with Crippen LogP contribution in [0.3, 0.4) is 0 Å². The summed E-state index contributed by atoms with van der Waals surface area (Å²) in [7, 11) is 0. The largest absolute Gasteiger partial charge is 1.00 e. The monoisotopic (exact) mass is 646 g/mol. The van der Waals surface area contributed by atoms with Gasteiger partial charge in [-0.25, -0.2) is 4.39 Å². The number of benzene rings is 2. The van der Waals surface area contributed by atoms with E-state index in [1.54, 1.807) is 6.07 Å². The van der Waals surface area contributed by atoms with Gasteiger partial charge in [-0.15, -0.1) is 0 Å². The predicted molar refractivity (Wildman–Crippen MR) is 98.4 cm³/mol. The van der Waals surface area contributed by atoms with Crippen molar-refractivity contribution in [3.05, 3.63) is 63.6 Å². The van der Waals surface area contributed by atoms with Crippen LogP contribution < -0.4 is 38.6 Å². The Balaban J connectivity index is 0.000000462. The van der Waals surface area contributed by atoms with Gasteiger partial charge < -0.3 is 39.2 Å². The fraction of sp³-hybridized carbons (Fsp3) is 0.316. The first-order valence-electron chi connectivity index (χ1n) is 8.62. The summed E-state index contributed by atoms with van der Waals surface area (Å²) in [5, 5.41) is 13.2. The minimum Gasteiger partial charge on any atom is -1.00 e. The van der Waals surface area contributed by atoms with Gasteiger partial charge in [-0.3, -0.25) is 0 Å². The second kappa shape index (κ2) is 14.6. The standard InChI is InChI=1S/C11H13ClFN.C6H3ClF.C2HF3O2.HI.Zn/c12-11-7-9(13)1-2-10(11)8-3-5-14-6-4-8;7-5-2-1-3-6(8)4-5;3-2(4,5)1(6)7;;/h1-2,7-8,14H,3-6H2;1,3-4H;(H,6,7);1H;/q;;;;+2/p-2. The molecule has 1 aliphatic heterocycles. The predicted octanol–water partition coefficient (Wildman–Crippen LogP) is 0.900. The number of piperidine rings is 1. The van der Waals surface area contributed by atoms with Crippen LogP contribution in [0.1, 0.15) is 24.3 Å². The Morgan fingerprint density at radius 2 is 1.45 bits per heavy atom. The van der Waals surface area contributed by atoms with Crippen LogP contribution in [0.15, 0.2) is 36.4 Å². The number of aliphatic carboxylic acids is 1. The van der Waals surface area contributed by atoms with Gasteiger partial charge in [0, 0.05) is 5.02 Å². The Morgan fingerprint density at radius 3 is 1.84 bits per heavy atom. The van der Waals surface area contributed by atoms with Crippen molar-refractivity contribution in [2.45, 2.75) is 24.9 Å². The molecule has 0 unspecified atom stereocenters. The van der Waals surface area contributed by atoms with E-state index in [1.807, 2.05) is 6.07 Å². The zero-order valence-corrected chi connectivity index (χ0v) is 22.6. The molecule has 0 aromatic heterocycles. The Kier molecular flexibility index (Phi) is 14.3. The number of carbonyl (C=O) groups is 1. The van der Waals surface area contributed by atoms with Gasteiger partial charge in [-0.2, -0.15) is 13.2 Å². The molecule has 3 nitrogen and oxygen atoms in total. The Hall–Kier alpha value is -0.547. The van der Waals surface area contributed by atoms with Crippen LogP contribution >= 0.6 is 23.2 Å². The molecule has 0 amide bonds. The third-order valence-electron chi connectivity index (χ3n) is 3.99. The van der Waals surface area contributed by atoms with Gasteiger partial charge in [0.1, 0.15) is 11.8 Å². The van der Waals surface area contributed by atoms with Crippen LogP contribution in [0.2, 0.25) is 10.0 Å². The first kappa shape index (κ1) is 30.5. The van der Waals surface area contributed by atoms with Crippen molar-refractivity contribution >= 4 is 33.3 Å². The van der Waals surface area contributed by atoms with E-state index in [4.69, 9.17) is 33.1 Å². The van der Waals surface area contributed by atoms with E-state index in [2.05, 4.69) is 5.32 Å². The summed E-state index contributed by atoms with van der Waals surface area (Å²) in [5.74, 6) is -3.04. The quantitative estimate of drug-likeness (QED) is 0.285. The summed E-state index contributed by atoms with van der Waals surface area (Å²) in [6.07, 6.45) is -3.02. The van der Waals surface area contributed by atoms with Crippen LogP contribution in [0.4, 0.5) is 22.0 Å². The average molecular weight is 649 g/mol. The maximum atomic E-state index is 12.8. The zero-order valence-electron chi connectivity index (χ0n) is 15.9. The third kappa shape index (κ3) is 11.8. The second-order valence-electron chi connectivity index (χ2n) is 6.21. The first-order valence-corrected chi connectivity index (χ1v) is 10.9. The summed E-state index contributed by atoms with van der Waals surface area (Å²) in [6.45, 7) is 2.05. The average Bonchev–Trinajstić information content (AvgIpc) is 2.66. The molecule has 0 radical (unpaired) electrons.